The number of phenols is 4. The van der Waals surface area contributed by atoms with Crippen molar-refractivity contribution in [2.24, 2.45) is 0 Å². The van der Waals surface area contributed by atoms with Gasteiger partial charge in [-0.15, -0.1) is 0 Å². The van der Waals surface area contributed by atoms with Gasteiger partial charge in [-0.05, 0) is 83.0 Å². The van der Waals surface area contributed by atoms with Crippen LogP contribution in [0.15, 0.2) is 85.7 Å². The second kappa shape index (κ2) is 14.8. The molecular weight excluding hydrogens is 839 g/mol. The Morgan fingerprint density at radius 2 is 0.983 bits per heavy atom. The van der Waals surface area contributed by atoms with Crippen molar-refractivity contribution in [2.75, 3.05) is 0 Å². The molecule has 2 aliphatic rings. The quantitative estimate of drug-likeness (QED) is 0.0874. The van der Waals surface area contributed by atoms with Gasteiger partial charge >= 0.3 is 0 Å². The Kier molecular flexibility index (Phi) is 10.0. The van der Waals surface area contributed by atoms with Crippen LogP contribution in [-0.4, -0.2) is 47.9 Å². The molecule has 4 aromatic carbocycles. The molecule has 1 aliphatic heterocycles. The van der Waals surface area contributed by atoms with E-state index in [0.717, 1.165) is 0 Å². The Morgan fingerprint density at radius 3 is 1.43 bits per heavy atom. The number of ether oxygens (including phenoxy) is 1. The number of halogens is 3. The first-order valence-electron chi connectivity index (χ1n) is 18.4. The smallest absolute Gasteiger partial charge is 0.180 e. The average molecular weight is 872 g/mol. The predicted octanol–water partition coefficient (Wildman–Crippen LogP) is 11.2. The lowest BCUT2D eigenvalue weighted by Crippen LogP contribution is -2.37. The van der Waals surface area contributed by atoms with Crippen molar-refractivity contribution in [3.63, 3.8) is 0 Å². The lowest BCUT2D eigenvalue weighted by Gasteiger charge is -2.39. The number of benzene rings is 4. The van der Waals surface area contributed by atoms with Crippen LogP contribution < -0.4 is 4.74 Å². The van der Waals surface area contributed by atoms with E-state index in [0.29, 0.717) is 55.9 Å². The lowest BCUT2D eigenvalue weighted by molar-refractivity contribution is 0.100. The Bertz CT molecular complexity index is 2930. The first-order valence-corrected chi connectivity index (χ1v) is 19.7. The molecule has 4 heterocycles. The van der Waals surface area contributed by atoms with Gasteiger partial charge in [0.2, 0.25) is 0 Å². The minimum atomic E-state index is -1.31. The summed E-state index contributed by atoms with van der Waals surface area (Å²) in [5.41, 5.74) is 1.07. The van der Waals surface area contributed by atoms with E-state index in [9.17, 15) is 39.6 Å². The van der Waals surface area contributed by atoms with Crippen molar-refractivity contribution in [2.45, 2.75) is 56.2 Å². The summed E-state index contributed by atoms with van der Waals surface area (Å²) in [6.07, 6.45) is 0.506. The van der Waals surface area contributed by atoms with Crippen molar-refractivity contribution in [1.82, 2.24) is 0 Å². The summed E-state index contributed by atoms with van der Waals surface area (Å²) >= 11 is 14.4. The highest BCUT2D eigenvalue weighted by Gasteiger charge is 2.57. The number of Topliss-reactive ketones (excluding diaryl/α,β-unsaturated/α-hetero) is 4. The molecule has 306 valence electrons. The fourth-order valence-electron chi connectivity index (χ4n) is 8.38. The molecule has 1 atom stereocenters. The van der Waals surface area contributed by atoms with Crippen LogP contribution in [0.2, 0.25) is 0 Å². The Balaban J connectivity index is 0.00000120. The number of hydrogen-bond donors (Lipinski definition) is 4. The fourth-order valence-corrected chi connectivity index (χ4v) is 8.38. The van der Waals surface area contributed by atoms with E-state index in [2.05, 4.69) is 0 Å². The summed E-state index contributed by atoms with van der Waals surface area (Å²) < 4.78 is 25.4. The third-order valence-corrected chi connectivity index (χ3v) is 11.1. The second-order valence-corrected chi connectivity index (χ2v) is 16.8. The van der Waals surface area contributed by atoms with E-state index >= 15 is 0 Å². The zero-order chi connectivity index (χ0) is 43.1. The molecule has 0 radical (unpaired) electrons. The third kappa shape index (κ3) is 6.65. The van der Waals surface area contributed by atoms with E-state index in [1.54, 1.807) is 42.5 Å². The highest BCUT2D eigenvalue weighted by Crippen LogP contribution is 2.63. The molecule has 3 aromatic heterocycles. The first kappa shape index (κ1) is 40.6. The van der Waals surface area contributed by atoms with Crippen LogP contribution in [0.3, 0.4) is 0 Å². The molecule has 0 bridgehead atoms. The summed E-state index contributed by atoms with van der Waals surface area (Å²) in [7, 11) is 0. The molecule has 1 aliphatic carbocycles. The van der Waals surface area contributed by atoms with Crippen molar-refractivity contribution >= 4 is 96.4 Å². The van der Waals surface area contributed by atoms with Gasteiger partial charge in [-0.25, -0.2) is 0 Å². The number of aromatic hydroxyl groups is 4. The molecular formula is C45H33Cl3O12. The average Bonchev–Trinajstić information content (AvgIpc) is 3.95. The number of rotatable bonds is 7. The Labute approximate surface area is 355 Å². The van der Waals surface area contributed by atoms with Gasteiger partial charge in [0.15, 0.2) is 27.4 Å². The molecule has 0 saturated carbocycles. The first-order chi connectivity index (χ1) is 28.4. The van der Waals surface area contributed by atoms with Gasteiger partial charge < -0.3 is 38.4 Å². The number of phenolic OH excluding ortho intramolecular Hbond substituents is 4. The van der Waals surface area contributed by atoms with E-state index in [1.165, 1.54) is 52.0 Å². The van der Waals surface area contributed by atoms with Crippen LogP contribution >= 0.6 is 34.8 Å². The number of furan rings is 3. The summed E-state index contributed by atoms with van der Waals surface area (Å²) in [6.45, 7) is 5.38. The van der Waals surface area contributed by atoms with Crippen LogP contribution in [-0.2, 0) is 5.41 Å². The molecule has 7 aromatic rings. The number of allylic oxidation sites excluding steroid dienone is 2. The summed E-state index contributed by atoms with van der Waals surface area (Å²) in [6, 6.07) is 17.0. The number of carbonyl (C=O) groups excluding carboxylic acids is 4. The van der Waals surface area contributed by atoms with Crippen molar-refractivity contribution in [3.05, 3.63) is 118 Å². The topological polar surface area (TPSA) is 198 Å². The minimum absolute atomic E-state index is 0.0480. The molecule has 1 unspecified atom stereocenters. The maximum atomic E-state index is 12.9. The standard InChI is InChI=1S/C44H32O12.CHCl3/c1-18(45)26-7-22-10-38(53-35(22)14-31(26)49)25-5-6-44(40-11-23-8-27(19(2)46)32(50)15-36(23)54-40,41-12-24-9-28(20(3)47)33(51)16-37(24)55-41)42-30-13-29(21(4)48)34(52)17-39(30)56-43(25)42;2-1(3)4/h7-17,42,49-52H,5-6H2,1-4H3;1H. The highest BCUT2D eigenvalue weighted by molar-refractivity contribution is 6.63. The molecule has 0 saturated heterocycles. The molecule has 15 heteroatoms. The number of alkyl halides is 3. The summed E-state index contributed by atoms with van der Waals surface area (Å²) in [5.74, 6) is -1.58. The van der Waals surface area contributed by atoms with E-state index in [1.807, 2.05) is 0 Å². The zero-order valence-electron chi connectivity index (χ0n) is 32.1. The maximum Gasteiger partial charge on any atom is 0.180 e. The lowest BCUT2D eigenvalue weighted by atomic mass is 9.61. The van der Waals surface area contributed by atoms with Gasteiger partial charge in [0.05, 0.1) is 28.2 Å². The van der Waals surface area contributed by atoms with Crippen molar-refractivity contribution in [1.29, 1.82) is 0 Å². The van der Waals surface area contributed by atoms with E-state index in [-0.39, 0.29) is 92.4 Å². The van der Waals surface area contributed by atoms with Crippen molar-refractivity contribution in [3.8, 4) is 28.7 Å². The van der Waals surface area contributed by atoms with Crippen LogP contribution in [0.4, 0.5) is 0 Å². The summed E-state index contributed by atoms with van der Waals surface area (Å²) in [4.78, 5) is 50.0. The fraction of sp³-hybridized carbons (Fsp3) is 0.200. The molecule has 4 N–H and O–H groups in total. The van der Waals surface area contributed by atoms with Gasteiger partial charge in [0.25, 0.3) is 0 Å². The van der Waals surface area contributed by atoms with Gasteiger partial charge in [-0.2, -0.15) is 0 Å². The molecule has 0 fully saturated rings. The van der Waals surface area contributed by atoms with Crippen molar-refractivity contribution < 1.29 is 57.6 Å². The van der Waals surface area contributed by atoms with Gasteiger partial charge in [-0.1, -0.05) is 34.8 Å². The number of fused-ring (bicyclic) bond motifs is 6. The molecule has 60 heavy (non-hydrogen) atoms. The highest BCUT2D eigenvalue weighted by atomic mass is 35.6. The van der Waals surface area contributed by atoms with Crippen LogP contribution in [0.25, 0.3) is 38.5 Å². The monoisotopic (exact) mass is 870 g/mol. The largest absolute Gasteiger partial charge is 0.507 e. The van der Waals surface area contributed by atoms with Gasteiger partial charge in [0.1, 0.15) is 74.0 Å². The predicted molar refractivity (Wildman–Crippen MR) is 223 cm³/mol. The second-order valence-electron chi connectivity index (χ2n) is 14.8. The minimum Gasteiger partial charge on any atom is -0.507 e. The number of ketones is 4. The molecule has 0 amide bonds. The Morgan fingerprint density at radius 1 is 0.583 bits per heavy atom. The molecule has 9 rings (SSSR count). The van der Waals surface area contributed by atoms with E-state index in [4.69, 9.17) is 52.8 Å². The zero-order valence-corrected chi connectivity index (χ0v) is 34.4. The summed E-state index contributed by atoms with van der Waals surface area (Å²) in [5, 5.41) is 44.7. The maximum absolute atomic E-state index is 12.9. The molecule has 0 spiro atoms. The Hall–Kier alpha value is -6.21. The SMILES string of the molecule is CC(=O)c1cc2c(cc1O)OC1=C(c3cc4cc(C(C)=O)c(O)cc4o3)CCC(c3cc4cc(C(C)=O)c(O)cc4o3)(c3cc4cc(C(C)=O)c(O)cc4o3)C12.ClC(Cl)Cl. The van der Waals surface area contributed by atoms with E-state index < -0.39 is 21.4 Å². The molecule has 12 nitrogen and oxygen atoms in total. The van der Waals surface area contributed by atoms with Crippen LogP contribution in [0.5, 0.6) is 28.7 Å². The van der Waals surface area contributed by atoms with Gasteiger partial charge in [-0.3, -0.25) is 19.2 Å². The number of carbonyl (C=O) groups is 4. The van der Waals surface area contributed by atoms with Crippen LogP contribution in [0, 0.1) is 0 Å². The number of hydrogen-bond acceptors (Lipinski definition) is 12. The normalized spacial score (nSPS) is 15.5. The third-order valence-electron chi connectivity index (χ3n) is 11.1. The van der Waals surface area contributed by atoms with Gasteiger partial charge in [0, 0.05) is 51.6 Å². The van der Waals surface area contributed by atoms with Crippen LogP contribution in [0.1, 0.15) is 111 Å².